The van der Waals surface area contributed by atoms with Crippen LogP contribution in [0.1, 0.15) is 25.0 Å². The van der Waals surface area contributed by atoms with Crippen molar-refractivity contribution in [1.82, 2.24) is 0 Å². The standard InChI is InChI=1S/C22H18N2O4/c1-13(25)21(14(2)26)9-7-17-15(11-21)3-5-20-18-8-10-22(23,24(27)28)12-16(18)4-6-19(17)20/h3-12H,23H2,1-2H3. The Morgan fingerprint density at radius 3 is 1.89 bits per heavy atom. The molecule has 28 heavy (non-hydrogen) atoms. The molecule has 0 amide bonds. The summed E-state index contributed by atoms with van der Waals surface area (Å²) in [5, 5.41) is 14.6. The highest BCUT2D eigenvalue weighted by Gasteiger charge is 2.37. The minimum atomic E-state index is -1.72. The molecule has 140 valence electrons. The Labute approximate surface area is 160 Å². The smallest absolute Gasteiger partial charge is 0.298 e. The topological polar surface area (TPSA) is 103 Å². The first-order valence-electron chi connectivity index (χ1n) is 8.83. The number of nitrogens with zero attached hydrogens (tertiary/aromatic N) is 1. The van der Waals surface area contributed by atoms with Crippen LogP contribution >= 0.6 is 0 Å². The first kappa shape index (κ1) is 18.0. The second-order valence-corrected chi connectivity index (χ2v) is 7.31. The van der Waals surface area contributed by atoms with Crippen molar-refractivity contribution in [3.63, 3.8) is 0 Å². The molecule has 2 N–H and O–H groups in total. The molecule has 2 aliphatic rings. The van der Waals surface area contributed by atoms with Crippen molar-refractivity contribution in [1.29, 1.82) is 0 Å². The van der Waals surface area contributed by atoms with Gasteiger partial charge in [0.25, 0.3) is 0 Å². The lowest BCUT2D eigenvalue weighted by Crippen LogP contribution is -2.46. The minimum Gasteiger partial charge on any atom is -0.298 e. The van der Waals surface area contributed by atoms with Gasteiger partial charge in [-0.25, -0.2) is 0 Å². The fraction of sp³-hybridized carbons (Fsp3) is 0.182. The van der Waals surface area contributed by atoms with Crippen LogP contribution in [0.3, 0.4) is 0 Å². The molecule has 0 aromatic heterocycles. The molecule has 2 aromatic rings. The van der Waals surface area contributed by atoms with Crippen LogP contribution in [0.2, 0.25) is 0 Å². The zero-order chi connectivity index (χ0) is 20.3. The first-order valence-corrected chi connectivity index (χ1v) is 8.83. The van der Waals surface area contributed by atoms with Gasteiger partial charge in [-0.2, -0.15) is 0 Å². The van der Waals surface area contributed by atoms with Crippen molar-refractivity contribution in [2.24, 2.45) is 11.1 Å². The molecule has 0 saturated carbocycles. The van der Waals surface area contributed by atoms with Crippen molar-refractivity contribution in [3.05, 3.63) is 68.1 Å². The highest BCUT2D eigenvalue weighted by atomic mass is 16.6. The minimum absolute atomic E-state index is 0.218. The first-order chi connectivity index (χ1) is 13.2. The molecule has 1 unspecified atom stereocenters. The summed E-state index contributed by atoms with van der Waals surface area (Å²) >= 11 is 0. The van der Waals surface area contributed by atoms with Crippen LogP contribution in [0, 0.1) is 15.5 Å². The number of benzene rings is 2. The third-order valence-electron chi connectivity index (χ3n) is 5.63. The fourth-order valence-electron chi connectivity index (χ4n) is 3.93. The quantitative estimate of drug-likeness (QED) is 0.380. The van der Waals surface area contributed by atoms with E-state index in [2.05, 4.69) is 0 Å². The van der Waals surface area contributed by atoms with Gasteiger partial charge in [-0.15, -0.1) is 0 Å². The lowest BCUT2D eigenvalue weighted by Gasteiger charge is -2.24. The fourth-order valence-corrected chi connectivity index (χ4v) is 3.93. The van der Waals surface area contributed by atoms with E-state index in [1.807, 2.05) is 24.3 Å². The number of rotatable bonds is 3. The molecule has 2 aromatic carbocycles. The second-order valence-electron chi connectivity index (χ2n) is 7.31. The number of hydrogen-bond donors (Lipinski definition) is 1. The van der Waals surface area contributed by atoms with Crippen molar-refractivity contribution in [2.75, 3.05) is 0 Å². The van der Waals surface area contributed by atoms with Crippen LogP contribution in [-0.4, -0.2) is 22.2 Å². The lowest BCUT2D eigenvalue weighted by molar-refractivity contribution is -0.533. The summed E-state index contributed by atoms with van der Waals surface area (Å²) in [6, 6.07) is 7.46. The lowest BCUT2D eigenvalue weighted by atomic mass is 9.75. The van der Waals surface area contributed by atoms with Gasteiger partial charge < -0.3 is 0 Å². The maximum Gasteiger partial charge on any atom is 0.311 e. The molecule has 0 bridgehead atoms. The zero-order valence-corrected chi connectivity index (χ0v) is 15.4. The van der Waals surface area contributed by atoms with Gasteiger partial charge in [0.05, 0.1) is 4.92 Å². The summed E-state index contributed by atoms with van der Waals surface area (Å²) < 4.78 is 0. The SMILES string of the molecule is CC(=O)C1(C(C)=O)C=Cc2c(ccc3c4c(ccc23)=CC(N)([N+](=O)[O-])C=C4)=C1. The molecular weight excluding hydrogens is 356 g/mol. The highest BCUT2D eigenvalue weighted by molar-refractivity contribution is 6.15. The van der Waals surface area contributed by atoms with Crippen LogP contribution in [0.25, 0.3) is 35.1 Å². The number of fused-ring (bicyclic) bond motifs is 5. The van der Waals surface area contributed by atoms with E-state index in [-0.39, 0.29) is 11.6 Å². The second kappa shape index (κ2) is 5.81. The molecule has 0 heterocycles. The Morgan fingerprint density at radius 2 is 1.39 bits per heavy atom. The molecule has 0 radical (unpaired) electrons. The Hall–Kier alpha value is -3.38. The maximum absolute atomic E-state index is 12.2. The van der Waals surface area contributed by atoms with Gasteiger partial charge in [0, 0.05) is 12.2 Å². The van der Waals surface area contributed by atoms with Crippen molar-refractivity contribution >= 4 is 46.6 Å². The van der Waals surface area contributed by atoms with Crippen molar-refractivity contribution in [2.45, 2.75) is 19.5 Å². The van der Waals surface area contributed by atoms with Gasteiger partial charge in [-0.3, -0.25) is 25.4 Å². The van der Waals surface area contributed by atoms with Crippen molar-refractivity contribution < 1.29 is 14.5 Å². The predicted molar refractivity (Wildman–Crippen MR) is 108 cm³/mol. The number of carbonyl (C=O) groups is 2. The summed E-state index contributed by atoms with van der Waals surface area (Å²) in [5.74, 6) is -0.437. The van der Waals surface area contributed by atoms with Crippen LogP contribution < -0.4 is 16.2 Å². The molecule has 4 rings (SSSR count). The average molecular weight is 374 g/mol. The van der Waals surface area contributed by atoms with E-state index >= 15 is 0 Å². The van der Waals surface area contributed by atoms with E-state index in [4.69, 9.17) is 5.73 Å². The summed E-state index contributed by atoms with van der Waals surface area (Å²) in [7, 11) is 0. The van der Waals surface area contributed by atoms with Crippen LogP contribution in [0.15, 0.2) is 36.4 Å². The predicted octanol–water partition coefficient (Wildman–Crippen LogP) is 1.55. The van der Waals surface area contributed by atoms with E-state index in [0.717, 1.165) is 27.1 Å². The van der Waals surface area contributed by atoms with Crippen LogP contribution in [0.4, 0.5) is 0 Å². The third kappa shape index (κ3) is 2.38. The zero-order valence-electron chi connectivity index (χ0n) is 15.4. The molecular formula is C22H18N2O4. The summed E-state index contributed by atoms with van der Waals surface area (Å²) in [6.07, 6.45) is 9.68. The molecule has 6 nitrogen and oxygen atoms in total. The summed E-state index contributed by atoms with van der Waals surface area (Å²) in [5.41, 5.74) is 4.65. The summed E-state index contributed by atoms with van der Waals surface area (Å²) in [4.78, 5) is 35.0. The average Bonchev–Trinajstić information content (AvgIpc) is 2.66. The normalized spacial score (nSPS) is 21.2. The van der Waals surface area contributed by atoms with Gasteiger partial charge in [-0.05, 0) is 52.3 Å². The number of nitro groups is 1. The van der Waals surface area contributed by atoms with Gasteiger partial charge in [0.2, 0.25) is 0 Å². The van der Waals surface area contributed by atoms with E-state index in [0.29, 0.717) is 5.22 Å². The molecule has 0 aliphatic heterocycles. The maximum atomic E-state index is 12.2. The number of ketones is 2. The van der Waals surface area contributed by atoms with E-state index in [1.165, 1.54) is 26.0 Å². The van der Waals surface area contributed by atoms with Crippen molar-refractivity contribution in [3.8, 4) is 0 Å². The molecule has 6 heteroatoms. The molecule has 0 fully saturated rings. The molecule has 2 aliphatic carbocycles. The highest BCUT2D eigenvalue weighted by Crippen LogP contribution is 2.31. The van der Waals surface area contributed by atoms with Gasteiger partial charge in [0.15, 0.2) is 11.6 Å². The number of nitrogens with two attached hydrogens (primary N) is 1. The Morgan fingerprint density at radius 1 is 0.893 bits per heavy atom. The van der Waals surface area contributed by atoms with E-state index in [1.54, 1.807) is 24.3 Å². The van der Waals surface area contributed by atoms with Gasteiger partial charge in [0.1, 0.15) is 5.41 Å². The van der Waals surface area contributed by atoms with Crippen LogP contribution in [0.5, 0.6) is 0 Å². The Bertz CT molecular complexity index is 1260. The molecule has 0 saturated heterocycles. The number of carbonyl (C=O) groups excluding carboxylic acids is 2. The summed E-state index contributed by atoms with van der Waals surface area (Å²) in [6.45, 7) is 2.83. The van der Waals surface area contributed by atoms with E-state index in [9.17, 15) is 19.7 Å². The molecule has 0 spiro atoms. The molecule has 1 atom stereocenters. The largest absolute Gasteiger partial charge is 0.311 e. The Balaban J connectivity index is 2.00. The number of hydrogen-bond acceptors (Lipinski definition) is 5. The number of Topliss-reactive ketones (excluding diaryl/α,β-unsaturated/α-hetero) is 2. The Kier molecular flexibility index (Phi) is 3.73. The number of allylic oxidation sites excluding steroid dienone is 1. The van der Waals surface area contributed by atoms with Gasteiger partial charge in [-0.1, -0.05) is 42.5 Å². The monoisotopic (exact) mass is 374 g/mol. The van der Waals surface area contributed by atoms with E-state index < -0.39 is 16.0 Å². The third-order valence-corrected chi connectivity index (χ3v) is 5.63. The van der Waals surface area contributed by atoms with Crippen LogP contribution in [-0.2, 0) is 9.59 Å². The van der Waals surface area contributed by atoms with Gasteiger partial charge >= 0.3 is 5.66 Å².